The van der Waals surface area contributed by atoms with E-state index in [4.69, 9.17) is 5.73 Å². The van der Waals surface area contributed by atoms with Gasteiger partial charge in [-0.05, 0) is 38.0 Å². The lowest BCUT2D eigenvalue weighted by molar-refractivity contribution is -0.126. The highest BCUT2D eigenvalue weighted by Crippen LogP contribution is 2.31. The zero-order valence-corrected chi connectivity index (χ0v) is 12.7. The number of nitrogens with zero attached hydrogens (tertiary/aromatic N) is 1. The van der Waals surface area contributed by atoms with Crippen LogP contribution in [0.25, 0.3) is 0 Å². The van der Waals surface area contributed by atoms with Gasteiger partial charge in [-0.3, -0.25) is 9.59 Å². The van der Waals surface area contributed by atoms with Gasteiger partial charge in [0, 0.05) is 23.1 Å². The molecule has 1 unspecified atom stereocenters. The Kier molecular flexibility index (Phi) is 3.67. The van der Waals surface area contributed by atoms with Crippen molar-refractivity contribution in [3.05, 3.63) is 33.8 Å². The first-order chi connectivity index (χ1) is 8.85. The maximum atomic E-state index is 12.5. The van der Waals surface area contributed by atoms with E-state index in [0.29, 0.717) is 25.1 Å². The summed E-state index contributed by atoms with van der Waals surface area (Å²) in [6.45, 7) is 4.69. The molecular formula is C14H17BrN2O2. The van der Waals surface area contributed by atoms with Crippen LogP contribution in [0.2, 0.25) is 0 Å². The van der Waals surface area contributed by atoms with Crippen molar-refractivity contribution in [2.24, 2.45) is 11.1 Å². The minimum absolute atomic E-state index is 0.0382. The molecule has 1 fully saturated rings. The lowest BCUT2D eigenvalue weighted by Gasteiger charge is -2.21. The minimum Gasteiger partial charge on any atom is -0.369 e. The third-order valence-corrected chi connectivity index (χ3v) is 4.71. The fourth-order valence-electron chi connectivity index (χ4n) is 2.35. The number of benzene rings is 1. The first-order valence-corrected chi connectivity index (χ1v) is 6.99. The molecule has 2 rings (SSSR count). The predicted octanol–water partition coefficient (Wildman–Crippen LogP) is 2.10. The number of carbonyl (C=O) groups excluding carboxylic acids is 2. The van der Waals surface area contributed by atoms with Crippen LogP contribution in [0.1, 0.15) is 29.3 Å². The van der Waals surface area contributed by atoms with Crippen LogP contribution in [-0.2, 0) is 4.79 Å². The molecular weight excluding hydrogens is 308 g/mol. The summed E-state index contributed by atoms with van der Waals surface area (Å²) in [5.74, 6) is -0.377. The smallest absolute Gasteiger partial charge is 0.254 e. The molecule has 1 aromatic carbocycles. The first kappa shape index (κ1) is 14.1. The van der Waals surface area contributed by atoms with E-state index in [-0.39, 0.29) is 11.8 Å². The van der Waals surface area contributed by atoms with E-state index in [1.165, 1.54) is 0 Å². The Balaban J connectivity index is 2.23. The molecule has 1 aliphatic rings. The van der Waals surface area contributed by atoms with Crippen molar-refractivity contribution in [1.29, 1.82) is 0 Å². The van der Waals surface area contributed by atoms with Crippen molar-refractivity contribution in [2.75, 3.05) is 13.1 Å². The molecule has 4 nitrogen and oxygen atoms in total. The number of halogens is 1. The molecule has 1 saturated heterocycles. The molecule has 102 valence electrons. The number of amides is 2. The van der Waals surface area contributed by atoms with Gasteiger partial charge in [-0.25, -0.2) is 0 Å². The Labute approximate surface area is 121 Å². The van der Waals surface area contributed by atoms with Crippen LogP contribution in [-0.4, -0.2) is 29.8 Å². The van der Waals surface area contributed by atoms with Gasteiger partial charge in [0.2, 0.25) is 5.91 Å². The highest BCUT2D eigenvalue weighted by atomic mass is 79.9. The van der Waals surface area contributed by atoms with Crippen LogP contribution in [0.4, 0.5) is 0 Å². The standard InChI is InChI=1S/C14H17BrN2O2/c1-9-10(4-3-5-11(9)15)12(18)17-7-6-14(2,8-17)13(16)19/h3-5H,6-8H2,1-2H3,(H2,16,19). The van der Waals surface area contributed by atoms with Gasteiger partial charge in [-0.2, -0.15) is 0 Å². The molecule has 1 aliphatic heterocycles. The van der Waals surface area contributed by atoms with Gasteiger partial charge >= 0.3 is 0 Å². The van der Waals surface area contributed by atoms with Crippen molar-refractivity contribution in [3.8, 4) is 0 Å². The quantitative estimate of drug-likeness (QED) is 0.905. The van der Waals surface area contributed by atoms with Gasteiger partial charge < -0.3 is 10.6 Å². The van der Waals surface area contributed by atoms with E-state index in [1.54, 1.807) is 4.90 Å². The Morgan fingerprint density at radius 3 is 2.68 bits per heavy atom. The summed E-state index contributed by atoms with van der Waals surface area (Å²) >= 11 is 3.42. The van der Waals surface area contributed by atoms with Crippen molar-refractivity contribution < 1.29 is 9.59 Å². The third kappa shape index (κ3) is 2.52. The molecule has 0 radical (unpaired) electrons. The molecule has 1 aromatic rings. The molecule has 19 heavy (non-hydrogen) atoms. The van der Waals surface area contributed by atoms with Gasteiger partial charge in [0.25, 0.3) is 5.91 Å². The largest absolute Gasteiger partial charge is 0.369 e. The molecule has 0 spiro atoms. The predicted molar refractivity (Wildman–Crippen MR) is 76.7 cm³/mol. The van der Waals surface area contributed by atoms with Crippen molar-refractivity contribution in [2.45, 2.75) is 20.3 Å². The molecule has 5 heteroatoms. The van der Waals surface area contributed by atoms with Gasteiger partial charge in [0.05, 0.1) is 5.41 Å². The summed E-state index contributed by atoms with van der Waals surface area (Å²) in [4.78, 5) is 25.6. The molecule has 1 atom stereocenters. The van der Waals surface area contributed by atoms with Gasteiger partial charge in [-0.15, -0.1) is 0 Å². The summed E-state index contributed by atoms with van der Waals surface area (Å²) in [6.07, 6.45) is 0.626. The van der Waals surface area contributed by atoms with E-state index in [2.05, 4.69) is 15.9 Å². The third-order valence-electron chi connectivity index (χ3n) is 3.85. The van der Waals surface area contributed by atoms with E-state index in [9.17, 15) is 9.59 Å². The monoisotopic (exact) mass is 324 g/mol. The Morgan fingerprint density at radius 2 is 2.11 bits per heavy atom. The Morgan fingerprint density at radius 1 is 1.42 bits per heavy atom. The summed E-state index contributed by atoms with van der Waals surface area (Å²) in [6, 6.07) is 5.56. The van der Waals surface area contributed by atoms with E-state index >= 15 is 0 Å². The summed E-state index contributed by atoms with van der Waals surface area (Å²) < 4.78 is 0.912. The fraction of sp³-hybridized carbons (Fsp3) is 0.429. The summed E-state index contributed by atoms with van der Waals surface area (Å²) in [7, 11) is 0. The van der Waals surface area contributed by atoms with Crippen LogP contribution in [0.3, 0.4) is 0 Å². The molecule has 0 aliphatic carbocycles. The van der Waals surface area contributed by atoms with Crippen LogP contribution in [0.5, 0.6) is 0 Å². The first-order valence-electron chi connectivity index (χ1n) is 6.19. The highest BCUT2D eigenvalue weighted by Gasteiger charge is 2.41. The number of primary amides is 1. The molecule has 0 bridgehead atoms. The second-order valence-corrected chi connectivity index (χ2v) is 6.17. The minimum atomic E-state index is -0.602. The summed E-state index contributed by atoms with van der Waals surface area (Å²) in [5, 5.41) is 0. The number of nitrogens with two attached hydrogens (primary N) is 1. The van der Waals surface area contributed by atoms with Gasteiger partial charge in [0.15, 0.2) is 0 Å². The van der Waals surface area contributed by atoms with E-state index in [1.807, 2.05) is 32.0 Å². The van der Waals surface area contributed by atoms with Gasteiger partial charge in [-0.1, -0.05) is 22.0 Å². The number of rotatable bonds is 2. The summed E-state index contributed by atoms with van der Waals surface area (Å²) in [5.41, 5.74) is 6.39. The van der Waals surface area contributed by atoms with Crippen LogP contribution < -0.4 is 5.73 Å². The second kappa shape index (κ2) is 4.96. The zero-order chi connectivity index (χ0) is 14.2. The number of hydrogen-bond acceptors (Lipinski definition) is 2. The van der Waals surface area contributed by atoms with Crippen molar-refractivity contribution in [1.82, 2.24) is 4.90 Å². The topological polar surface area (TPSA) is 63.4 Å². The average molecular weight is 325 g/mol. The van der Waals surface area contributed by atoms with Crippen molar-refractivity contribution in [3.63, 3.8) is 0 Å². The molecule has 1 heterocycles. The maximum Gasteiger partial charge on any atom is 0.254 e. The number of likely N-dealkylation sites (tertiary alicyclic amines) is 1. The number of carbonyl (C=O) groups is 2. The van der Waals surface area contributed by atoms with Crippen LogP contribution in [0, 0.1) is 12.3 Å². The van der Waals surface area contributed by atoms with E-state index < -0.39 is 5.41 Å². The highest BCUT2D eigenvalue weighted by molar-refractivity contribution is 9.10. The maximum absolute atomic E-state index is 12.5. The van der Waals surface area contributed by atoms with Crippen LogP contribution in [0.15, 0.2) is 22.7 Å². The SMILES string of the molecule is Cc1c(Br)cccc1C(=O)N1CCC(C)(C(N)=O)C1. The van der Waals surface area contributed by atoms with Crippen molar-refractivity contribution >= 4 is 27.7 Å². The second-order valence-electron chi connectivity index (χ2n) is 5.31. The molecule has 2 N–H and O–H groups in total. The normalized spacial score (nSPS) is 22.6. The lowest BCUT2D eigenvalue weighted by atomic mass is 9.89. The molecule has 0 saturated carbocycles. The zero-order valence-electron chi connectivity index (χ0n) is 11.1. The van der Waals surface area contributed by atoms with E-state index in [0.717, 1.165) is 10.0 Å². The molecule has 0 aromatic heterocycles. The van der Waals surface area contributed by atoms with Crippen LogP contribution >= 0.6 is 15.9 Å². The average Bonchev–Trinajstić information content (AvgIpc) is 2.76. The Hall–Kier alpha value is -1.36. The lowest BCUT2D eigenvalue weighted by Crippen LogP contribution is -2.38. The fourth-order valence-corrected chi connectivity index (χ4v) is 2.71. The number of hydrogen-bond donors (Lipinski definition) is 1. The Bertz CT molecular complexity index is 544. The molecule has 2 amide bonds. The van der Waals surface area contributed by atoms with Gasteiger partial charge in [0.1, 0.15) is 0 Å².